The molecule has 14 heavy (non-hydrogen) atoms. The van der Waals surface area contributed by atoms with Crippen molar-refractivity contribution in [2.45, 2.75) is 6.04 Å². The van der Waals surface area contributed by atoms with Gasteiger partial charge in [0.2, 0.25) is 0 Å². The summed E-state index contributed by atoms with van der Waals surface area (Å²) >= 11 is 1.76. The van der Waals surface area contributed by atoms with Gasteiger partial charge in [0.1, 0.15) is 0 Å². The zero-order valence-electron chi connectivity index (χ0n) is 7.99. The number of rotatable bonds is 2. The summed E-state index contributed by atoms with van der Waals surface area (Å²) in [5, 5.41) is 5.07. The van der Waals surface area contributed by atoms with E-state index in [-0.39, 0.29) is 11.9 Å². The molecule has 0 saturated carbocycles. The fourth-order valence-corrected chi connectivity index (χ4v) is 2.41. The Hall–Kier alpha value is -0.300. The largest absolute Gasteiger partial charge is 0.379 e. The number of carbonyl (C=O) groups is 1. The maximum atomic E-state index is 11.6. The normalized spacial score (nSPS) is 29.0. The summed E-state index contributed by atoms with van der Waals surface area (Å²) in [5.41, 5.74) is 2.90. The van der Waals surface area contributed by atoms with Crippen molar-refractivity contribution in [2.75, 3.05) is 37.9 Å². The van der Waals surface area contributed by atoms with E-state index in [1.165, 1.54) is 0 Å². The molecule has 5 nitrogen and oxygen atoms in total. The highest BCUT2D eigenvalue weighted by atomic mass is 32.2. The van der Waals surface area contributed by atoms with E-state index in [2.05, 4.69) is 10.7 Å². The van der Waals surface area contributed by atoms with Crippen molar-refractivity contribution in [1.29, 1.82) is 0 Å². The van der Waals surface area contributed by atoms with Crippen molar-refractivity contribution < 1.29 is 9.53 Å². The molecule has 6 heteroatoms. The van der Waals surface area contributed by atoms with Crippen LogP contribution >= 0.6 is 11.8 Å². The minimum atomic E-state index is -0.0251. The van der Waals surface area contributed by atoms with Gasteiger partial charge in [-0.3, -0.25) is 15.5 Å². The molecule has 0 spiro atoms. The topological polar surface area (TPSA) is 53.6 Å². The summed E-state index contributed by atoms with van der Waals surface area (Å²) in [6.45, 7) is 2.97. The molecule has 0 aromatic carbocycles. The van der Waals surface area contributed by atoms with Crippen molar-refractivity contribution in [1.82, 2.24) is 15.8 Å². The van der Waals surface area contributed by atoms with Crippen LogP contribution in [-0.4, -0.2) is 54.9 Å². The Morgan fingerprint density at radius 2 is 2.29 bits per heavy atom. The van der Waals surface area contributed by atoms with Crippen molar-refractivity contribution >= 4 is 17.7 Å². The summed E-state index contributed by atoms with van der Waals surface area (Å²) in [6.07, 6.45) is 0. The van der Waals surface area contributed by atoms with Gasteiger partial charge in [0.15, 0.2) is 0 Å². The Bertz CT molecular complexity index is 203. The van der Waals surface area contributed by atoms with E-state index in [9.17, 15) is 4.79 Å². The second-order valence-corrected chi connectivity index (χ2v) is 4.38. The number of carbonyl (C=O) groups excluding carboxylic acids is 1. The highest BCUT2D eigenvalue weighted by molar-refractivity contribution is 7.99. The molecule has 0 bridgehead atoms. The maximum Gasteiger partial charge on any atom is 0.252 e. The van der Waals surface area contributed by atoms with Crippen LogP contribution < -0.4 is 10.7 Å². The first-order valence-electron chi connectivity index (χ1n) is 4.80. The average Bonchev–Trinajstić information content (AvgIpc) is 2.72. The predicted molar refractivity (Wildman–Crippen MR) is 54.8 cm³/mol. The van der Waals surface area contributed by atoms with Crippen LogP contribution in [-0.2, 0) is 9.53 Å². The molecule has 2 heterocycles. The van der Waals surface area contributed by atoms with Crippen LogP contribution in [0.25, 0.3) is 0 Å². The molecule has 2 aliphatic heterocycles. The molecule has 0 aromatic rings. The quantitative estimate of drug-likeness (QED) is 0.622. The van der Waals surface area contributed by atoms with E-state index in [0.717, 1.165) is 24.7 Å². The molecule has 1 unspecified atom stereocenters. The van der Waals surface area contributed by atoms with E-state index in [1.54, 1.807) is 11.8 Å². The first kappa shape index (κ1) is 10.2. The van der Waals surface area contributed by atoms with Gasteiger partial charge in [-0.05, 0) is 0 Å². The van der Waals surface area contributed by atoms with E-state index in [1.807, 2.05) is 5.01 Å². The van der Waals surface area contributed by atoms with Crippen molar-refractivity contribution in [3.05, 3.63) is 0 Å². The number of hydrazine groups is 1. The predicted octanol–water partition coefficient (Wildman–Crippen LogP) is -0.988. The number of hydrogen-bond acceptors (Lipinski definition) is 5. The monoisotopic (exact) mass is 217 g/mol. The third-order valence-electron chi connectivity index (χ3n) is 2.31. The smallest absolute Gasteiger partial charge is 0.252 e. The molecule has 2 fully saturated rings. The lowest BCUT2D eigenvalue weighted by Gasteiger charge is -2.27. The molecule has 2 saturated heterocycles. The van der Waals surface area contributed by atoms with Crippen molar-refractivity contribution in [2.24, 2.45) is 0 Å². The number of thioether (sulfide) groups is 1. The van der Waals surface area contributed by atoms with Gasteiger partial charge in [-0.1, -0.05) is 0 Å². The minimum absolute atomic E-state index is 0.0251. The number of ether oxygens (including phenoxy) is 1. The number of hydrogen-bond donors (Lipinski definition) is 2. The summed E-state index contributed by atoms with van der Waals surface area (Å²) < 4.78 is 5.19. The van der Waals surface area contributed by atoms with Gasteiger partial charge in [0.05, 0.1) is 19.3 Å². The summed E-state index contributed by atoms with van der Waals surface area (Å²) in [5.74, 6) is 1.83. The van der Waals surface area contributed by atoms with E-state index in [0.29, 0.717) is 13.2 Å². The molecule has 80 valence electrons. The molecule has 2 N–H and O–H groups in total. The van der Waals surface area contributed by atoms with Gasteiger partial charge in [-0.2, -0.15) is 0 Å². The van der Waals surface area contributed by atoms with E-state index >= 15 is 0 Å². The first-order chi connectivity index (χ1) is 6.86. The van der Waals surface area contributed by atoms with Crippen LogP contribution in [0.3, 0.4) is 0 Å². The van der Waals surface area contributed by atoms with Crippen LogP contribution in [0.1, 0.15) is 0 Å². The molecule has 2 rings (SSSR count). The molecule has 0 aliphatic carbocycles. The van der Waals surface area contributed by atoms with Gasteiger partial charge in [-0.25, -0.2) is 5.01 Å². The summed E-state index contributed by atoms with van der Waals surface area (Å²) in [7, 11) is 0. The Balaban J connectivity index is 1.75. The highest BCUT2D eigenvalue weighted by Gasteiger charge is 2.24. The molecular formula is C8H15N3O2S. The first-order valence-corrected chi connectivity index (χ1v) is 5.96. The second kappa shape index (κ2) is 4.97. The molecule has 1 atom stereocenters. The minimum Gasteiger partial charge on any atom is -0.379 e. The van der Waals surface area contributed by atoms with Crippen LogP contribution in [0, 0.1) is 0 Å². The fraction of sp³-hybridized carbons (Fsp3) is 0.875. The molecule has 2 aliphatic rings. The molecule has 0 aromatic heterocycles. The number of morpholine rings is 1. The highest BCUT2D eigenvalue weighted by Crippen LogP contribution is 2.09. The van der Waals surface area contributed by atoms with Gasteiger partial charge in [0.25, 0.3) is 5.91 Å². The SMILES string of the molecule is O=C(NN1CCOCC1)C1CSCN1. The molecule has 1 amide bonds. The van der Waals surface area contributed by atoms with Gasteiger partial charge < -0.3 is 4.74 Å². The van der Waals surface area contributed by atoms with Crippen molar-refractivity contribution in [3.63, 3.8) is 0 Å². The van der Waals surface area contributed by atoms with Crippen LogP contribution in [0.4, 0.5) is 0 Å². The number of nitrogens with zero attached hydrogens (tertiary/aromatic N) is 1. The molecular weight excluding hydrogens is 202 g/mol. The third kappa shape index (κ3) is 2.60. The molecule has 0 radical (unpaired) electrons. The van der Waals surface area contributed by atoms with Crippen LogP contribution in [0.15, 0.2) is 0 Å². The lowest BCUT2D eigenvalue weighted by molar-refractivity contribution is -0.129. The van der Waals surface area contributed by atoms with Gasteiger partial charge in [0, 0.05) is 24.7 Å². The summed E-state index contributed by atoms with van der Waals surface area (Å²) in [6, 6.07) is -0.0251. The van der Waals surface area contributed by atoms with Crippen molar-refractivity contribution in [3.8, 4) is 0 Å². The number of amides is 1. The fourth-order valence-electron chi connectivity index (χ4n) is 1.47. The van der Waals surface area contributed by atoms with Gasteiger partial charge in [-0.15, -0.1) is 11.8 Å². The van der Waals surface area contributed by atoms with Crippen LogP contribution in [0.2, 0.25) is 0 Å². The lowest BCUT2D eigenvalue weighted by atomic mass is 10.3. The zero-order chi connectivity index (χ0) is 9.80. The standard InChI is InChI=1S/C8H15N3O2S/c12-8(7-5-14-6-9-7)10-11-1-3-13-4-2-11/h7,9H,1-6H2,(H,10,12). The van der Waals surface area contributed by atoms with E-state index in [4.69, 9.17) is 4.74 Å². The maximum absolute atomic E-state index is 11.6. The zero-order valence-corrected chi connectivity index (χ0v) is 8.81. The third-order valence-corrected chi connectivity index (χ3v) is 3.25. The lowest BCUT2D eigenvalue weighted by Crippen LogP contribution is -2.53. The van der Waals surface area contributed by atoms with E-state index < -0.39 is 0 Å². The van der Waals surface area contributed by atoms with Gasteiger partial charge >= 0.3 is 0 Å². The Kier molecular flexibility index (Phi) is 3.63. The second-order valence-electron chi connectivity index (χ2n) is 3.35. The number of nitrogens with one attached hydrogen (secondary N) is 2. The average molecular weight is 217 g/mol. The Morgan fingerprint density at radius 3 is 2.93 bits per heavy atom. The Morgan fingerprint density at radius 1 is 1.50 bits per heavy atom. The Labute approximate surface area is 87.5 Å². The summed E-state index contributed by atoms with van der Waals surface area (Å²) in [4.78, 5) is 11.6. The van der Waals surface area contributed by atoms with Crippen LogP contribution in [0.5, 0.6) is 0 Å².